The highest BCUT2D eigenvalue weighted by atomic mass is 127. The molecular formula is C15H11Br2IO. The third-order valence-electron chi connectivity index (χ3n) is 3.19. The molecule has 1 aliphatic rings. The summed E-state index contributed by atoms with van der Waals surface area (Å²) in [5, 5.41) is 0. The quantitative estimate of drug-likeness (QED) is 0.398. The normalized spacial score (nSPS) is 14.9. The van der Waals surface area contributed by atoms with E-state index < -0.39 is 0 Å². The second-order valence-electron chi connectivity index (χ2n) is 4.50. The van der Waals surface area contributed by atoms with Crippen LogP contribution in [0.15, 0.2) is 40.9 Å². The van der Waals surface area contributed by atoms with Crippen molar-refractivity contribution < 1.29 is 4.74 Å². The smallest absolute Gasteiger partial charge is 0.127 e. The zero-order chi connectivity index (χ0) is 13.4. The van der Waals surface area contributed by atoms with Crippen molar-refractivity contribution in [1.82, 2.24) is 0 Å². The predicted octanol–water partition coefficient (Wildman–Crippen LogP) is 5.47. The van der Waals surface area contributed by atoms with Gasteiger partial charge in [0.2, 0.25) is 0 Å². The molecule has 0 bridgehead atoms. The molecule has 0 spiro atoms. The Hall–Kier alpha value is -0.0700. The predicted molar refractivity (Wildman–Crippen MR) is 93.3 cm³/mol. The van der Waals surface area contributed by atoms with E-state index in [2.05, 4.69) is 90.8 Å². The van der Waals surface area contributed by atoms with Crippen LogP contribution in [0.5, 0.6) is 5.75 Å². The molecule has 0 saturated heterocycles. The largest absolute Gasteiger partial charge is 0.493 e. The Morgan fingerprint density at radius 2 is 2.05 bits per heavy atom. The highest BCUT2D eigenvalue weighted by molar-refractivity contribution is 14.1. The molecule has 0 radical (unpaired) electrons. The van der Waals surface area contributed by atoms with Crippen LogP contribution in [0.25, 0.3) is 0 Å². The fraction of sp³-hybridized carbons (Fsp3) is 0.200. The molecule has 1 heterocycles. The first-order valence-corrected chi connectivity index (χ1v) is 8.78. The lowest BCUT2D eigenvalue weighted by Gasteiger charge is -2.15. The van der Waals surface area contributed by atoms with E-state index in [0.29, 0.717) is 0 Å². The number of rotatable bonds is 2. The highest BCUT2D eigenvalue weighted by Crippen LogP contribution is 2.42. The Kier molecular flexibility index (Phi) is 4.19. The summed E-state index contributed by atoms with van der Waals surface area (Å²) >= 11 is 9.75. The lowest BCUT2D eigenvalue weighted by atomic mass is 10.0. The monoisotopic (exact) mass is 492 g/mol. The van der Waals surface area contributed by atoms with E-state index in [9.17, 15) is 0 Å². The minimum atomic E-state index is 0.159. The Labute approximate surface area is 143 Å². The van der Waals surface area contributed by atoms with Gasteiger partial charge in [0.15, 0.2) is 0 Å². The summed E-state index contributed by atoms with van der Waals surface area (Å²) in [6.07, 6.45) is 0.994. The van der Waals surface area contributed by atoms with Crippen molar-refractivity contribution in [3.8, 4) is 5.75 Å². The number of hydrogen-bond acceptors (Lipinski definition) is 1. The maximum Gasteiger partial charge on any atom is 0.127 e. The standard InChI is InChI=1S/C15H11Br2IO/c16-11-6-10-4-5-19-15(10)13(8-11)14(17)9-2-1-3-12(18)7-9/h1-3,6-8,14H,4-5H2. The Balaban J connectivity index is 2.07. The van der Waals surface area contributed by atoms with Crippen molar-refractivity contribution in [3.63, 3.8) is 0 Å². The molecule has 4 heteroatoms. The highest BCUT2D eigenvalue weighted by Gasteiger charge is 2.22. The fourth-order valence-corrected chi connectivity index (χ4v) is 4.04. The van der Waals surface area contributed by atoms with Crippen LogP contribution in [0.1, 0.15) is 21.5 Å². The van der Waals surface area contributed by atoms with Gasteiger partial charge in [0.25, 0.3) is 0 Å². The van der Waals surface area contributed by atoms with Crippen molar-refractivity contribution in [2.24, 2.45) is 0 Å². The van der Waals surface area contributed by atoms with Gasteiger partial charge in [-0.05, 0) is 58.0 Å². The lowest BCUT2D eigenvalue weighted by Crippen LogP contribution is -1.97. The van der Waals surface area contributed by atoms with Gasteiger partial charge in [0, 0.05) is 20.0 Å². The number of alkyl halides is 1. The van der Waals surface area contributed by atoms with Gasteiger partial charge in [-0.25, -0.2) is 0 Å². The minimum absolute atomic E-state index is 0.159. The minimum Gasteiger partial charge on any atom is -0.493 e. The maximum atomic E-state index is 5.80. The molecule has 98 valence electrons. The van der Waals surface area contributed by atoms with Gasteiger partial charge in [-0.2, -0.15) is 0 Å². The lowest BCUT2D eigenvalue weighted by molar-refractivity contribution is 0.354. The fourth-order valence-electron chi connectivity index (χ4n) is 2.33. The van der Waals surface area contributed by atoms with Gasteiger partial charge in [-0.3, -0.25) is 0 Å². The molecule has 2 aromatic rings. The molecule has 0 saturated carbocycles. The molecule has 1 nitrogen and oxygen atoms in total. The first kappa shape index (κ1) is 13.9. The van der Waals surface area contributed by atoms with Crippen molar-refractivity contribution in [2.75, 3.05) is 6.61 Å². The summed E-state index contributed by atoms with van der Waals surface area (Å²) in [6.45, 7) is 0.783. The van der Waals surface area contributed by atoms with E-state index in [1.165, 1.54) is 20.3 Å². The van der Waals surface area contributed by atoms with Crippen molar-refractivity contribution >= 4 is 54.5 Å². The third-order valence-corrected chi connectivity index (χ3v) is 5.34. The number of hydrogen-bond donors (Lipinski definition) is 0. The van der Waals surface area contributed by atoms with Gasteiger partial charge >= 0.3 is 0 Å². The first-order chi connectivity index (χ1) is 9.15. The molecule has 1 atom stereocenters. The average molecular weight is 494 g/mol. The van der Waals surface area contributed by atoms with E-state index in [4.69, 9.17) is 4.74 Å². The van der Waals surface area contributed by atoms with Crippen LogP contribution in [-0.2, 0) is 6.42 Å². The van der Waals surface area contributed by atoms with Crippen LogP contribution in [0.2, 0.25) is 0 Å². The van der Waals surface area contributed by atoms with Crippen LogP contribution in [0.4, 0.5) is 0 Å². The number of ether oxygens (including phenoxy) is 1. The van der Waals surface area contributed by atoms with E-state index in [0.717, 1.165) is 23.2 Å². The van der Waals surface area contributed by atoms with Gasteiger partial charge < -0.3 is 4.74 Å². The maximum absolute atomic E-state index is 5.80. The molecular weight excluding hydrogens is 483 g/mol. The summed E-state index contributed by atoms with van der Waals surface area (Å²) in [5.41, 5.74) is 3.74. The van der Waals surface area contributed by atoms with Crippen molar-refractivity contribution in [2.45, 2.75) is 11.2 Å². The molecule has 3 rings (SSSR count). The van der Waals surface area contributed by atoms with Gasteiger partial charge in [-0.15, -0.1) is 0 Å². The number of fused-ring (bicyclic) bond motifs is 1. The van der Waals surface area contributed by atoms with E-state index in [1.807, 2.05) is 0 Å². The summed E-state index contributed by atoms with van der Waals surface area (Å²) in [5.74, 6) is 1.05. The topological polar surface area (TPSA) is 9.23 Å². The molecule has 1 aliphatic heterocycles. The zero-order valence-corrected chi connectivity index (χ0v) is 15.3. The van der Waals surface area contributed by atoms with Crippen LogP contribution in [-0.4, -0.2) is 6.61 Å². The Morgan fingerprint density at radius 3 is 2.84 bits per heavy atom. The molecule has 0 fully saturated rings. The second-order valence-corrected chi connectivity index (χ2v) is 7.58. The van der Waals surface area contributed by atoms with Crippen molar-refractivity contribution in [3.05, 3.63) is 61.1 Å². The number of benzene rings is 2. The van der Waals surface area contributed by atoms with Crippen LogP contribution in [0.3, 0.4) is 0 Å². The van der Waals surface area contributed by atoms with E-state index in [-0.39, 0.29) is 4.83 Å². The van der Waals surface area contributed by atoms with Gasteiger partial charge in [-0.1, -0.05) is 44.0 Å². The van der Waals surface area contributed by atoms with Gasteiger partial charge in [0.05, 0.1) is 11.4 Å². The molecule has 0 amide bonds. The molecule has 2 aromatic carbocycles. The molecule has 0 N–H and O–H groups in total. The van der Waals surface area contributed by atoms with Gasteiger partial charge in [0.1, 0.15) is 5.75 Å². The van der Waals surface area contributed by atoms with E-state index in [1.54, 1.807) is 0 Å². The Bertz CT molecular complexity index is 628. The molecule has 1 unspecified atom stereocenters. The Morgan fingerprint density at radius 1 is 1.21 bits per heavy atom. The van der Waals surface area contributed by atoms with Crippen molar-refractivity contribution in [1.29, 1.82) is 0 Å². The zero-order valence-electron chi connectivity index (χ0n) is 10.00. The van der Waals surface area contributed by atoms with E-state index >= 15 is 0 Å². The summed E-state index contributed by atoms with van der Waals surface area (Å²) < 4.78 is 8.16. The first-order valence-electron chi connectivity index (χ1n) is 6.00. The molecule has 0 aromatic heterocycles. The summed E-state index contributed by atoms with van der Waals surface area (Å²) in [4.78, 5) is 0.159. The molecule has 19 heavy (non-hydrogen) atoms. The summed E-state index contributed by atoms with van der Waals surface area (Å²) in [6, 6.07) is 12.8. The number of halogens is 3. The van der Waals surface area contributed by atoms with Crippen LogP contribution in [0, 0.1) is 3.57 Å². The molecule has 0 aliphatic carbocycles. The van der Waals surface area contributed by atoms with Crippen LogP contribution < -0.4 is 4.74 Å². The van der Waals surface area contributed by atoms with Crippen LogP contribution >= 0.6 is 54.5 Å². The average Bonchev–Trinajstić information content (AvgIpc) is 2.85. The SMILES string of the molecule is Brc1cc2c(c(C(Br)c3cccc(I)c3)c1)OCC2. The third kappa shape index (κ3) is 2.85. The second kappa shape index (κ2) is 5.74. The summed E-state index contributed by atoms with van der Waals surface area (Å²) in [7, 11) is 0.